The Morgan fingerprint density at radius 2 is 2.00 bits per heavy atom. The molecule has 0 aliphatic heterocycles. The third-order valence-corrected chi connectivity index (χ3v) is 3.78. The number of hydrogen-bond acceptors (Lipinski definition) is 5. The van der Waals surface area contributed by atoms with E-state index >= 15 is 0 Å². The van der Waals surface area contributed by atoms with Crippen molar-refractivity contribution >= 4 is 17.7 Å². The SMILES string of the molecule is CCCN(CCC)C(=O)CCCSc1nnnn1C. The summed E-state index contributed by atoms with van der Waals surface area (Å²) in [5.74, 6) is 1.13. The van der Waals surface area contributed by atoms with Crippen LogP contribution in [0.5, 0.6) is 0 Å². The summed E-state index contributed by atoms with van der Waals surface area (Å²) in [7, 11) is 1.82. The van der Waals surface area contributed by atoms with Crippen molar-refractivity contribution in [2.45, 2.75) is 44.7 Å². The fourth-order valence-electron chi connectivity index (χ4n) is 1.79. The number of thioether (sulfide) groups is 1. The van der Waals surface area contributed by atoms with Gasteiger partial charge in [-0.1, -0.05) is 25.6 Å². The van der Waals surface area contributed by atoms with E-state index in [1.165, 1.54) is 0 Å². The van der Waals surface area contributed by atoms with Crippen LogP contribution in [0.25, 0.3) is 0 Å². The minimum atomic E-state index is 0.264. The predicted molar refractivity (Wildman–Crippen MR) is 75.9 cm³/mol. The number of aromatic nitrogens is 4. The lowest BCUT2D eigenvalue weighted by molar-refractivity contribution is -0.131. The first-order valence-corrected chi connectivity index (χ1v) is 7.80. The van der Waals surface area contributed by atoms with Gasteiger partial charge in [-0.25, -0.2) is 4.68 Å². The Bertz CT molecular complexity index is 376. The Hall–Kier alpha value is -1.11. The topological polar surface area (TPSA) is 63.9 Å². The van der Waals surface area contributed by atoms with E-state index in [1.807, 2.05) is 11.9 Å². The molecule has 0 aliphatic carbocycles. The number of nitrogens with zero attached hydrogens (tertiary/aromatic N) is 5. The van der Waals surface area contributed by atoms with Gasteiger partial charge in [-0.05, 0) is 29.7 Å². The number of rotatable bonds is 9. The Morgan fingerprint density at radius 1 is 1.32 bits per heavy atom. The van der Waals surface area contributed by atoms with Gasteiger partial charge in [0, 0.05) is 32.3 Å². The van der Waals surface area contributed by atoms with E-state index in [2.05, 4.69) is 29.4 Å². The first kappa shape index (κ1) is 15.9. The second-order valence-electron chi connectivity index (χ2n) is 4.42. The Balaban J connectivity index is 2.23. The molecule has 0 unspecified atom stereocenters. The molecule has 6 nitrogen and oxygen atoms in total. The van der Waals surface area contributed by atoms with E-state index in [0.29, 0.717) is 6.42 Å². The highest BCUT2D eigenvalue weighted by atomic mass is 32.2. The van der Waals surface area contributed by atoms with E-state index in [0.717, 1.165) is 43.3 Å². The highest BCUT2D eigenvalue weighted by molar-refractivity contribution is 7.99. The smallest absolute Gasteiger partial charge is 0.222 e. The summed E-state index contributed by atoms with van der Waals surface area (Å²) >= 11 is 1.59. The summed E-state index contributed by atoms with van der Waals surface area (Å²) in [6.45, 7) is 5.94. The number of amides is 1. The summed E-state index contributed by atoms with van der Waals surface area (Å²) in [6.07, 6.45) is 3.51. The molecule has 0 atom stereocenters. The van der Waals surface area contributed by atoms with Gasteiger partial charge in [-0.2, -0.15) is 0 Å². The van der Waals surface area contributed by atoms with Crippen molar-refractivity contribution in [3.8, 4) is 0 Å². The zero-order valence-electron chi connectivity index (χ0n) is 12.0. The van der Waals surface area contributed by atoms with Crippen molar-refractivity contribution in [2.75, 3.05) is 18.8 Å². The molecular formula is C12H23N5OS. The molecule has 0 aromatic carbocycles. The predicted octanol–water partition coefficient (Wildman–Crippen LogP) is 1.73. The zero-order chi connectivity index (χ0) is 14.1. The fraction of sp³-hybridized carbons (Fsp3) is 0.833. The van der Waals surface area contributed by atoms with Crippen molar-refractivity contribution in [2.24, 2.45) is 7.05 Å². The standard InChI is InChI=1S/C12H23N5OS/c1-4-8-17(9-5-2)11(18)7-6-10-19-12-13-14-15-16(12)3/h4-10H2,1-3H3. The largest absolute Gasteiger partial charge is 0.343 e. The van der Waals surface area contributed by atoms with Crippen LogP contribution >= 0.6 is 11.8 Å². The lowest BCUT2D eigenvalue weighted by Gasteiger charge is -2.21. The minimum absolute atomic E-state index is 0.264. The zero-order valence-corrected chi connectivity index (χ0v) is 12.8. The first-order chi connectivity index (χ1) is 9.19. The Labute approximate surface area is 118 Å². The fourth-order valence-corrected chi connectivity index (χ4v) is 2.58. The summed E-state index contributed by atoms with van der Waals surface area (Å²) in [6, 6.07) is 0. The van der Waals surface area contributed by atoms with Crippen LogP contribution in [0.2, 0.25) is 0 Å². The van der Waals surface area contributed by atoms with Crippen LogP contribution in [0.15, 0.2) is 5.16 Å². The summed E-state index contributed by atoms with van der Waals surface area (Å²) in [4.78, 5) is 14.0. The number of hydrogen-bond donors (Lipinski definition) is 0. The van der Waals surface area contributed by atoms with Crippen molar-refractivity contribution in [1.29, 1.82) is 0 Å². The van der Waals surface area contributed by atoms with Gasteiger partial charge in [0.1, 0.15) is 0 Å². The molecule has 0 spiro atoms. The molecule has 1 amide bonds. The van der Waals surface area contributed by atoms with Crippen LogP contribution in [-0.4, -0.2) is 49.9 Å². The molecule has 0 aliphatic rings. The number of carbonyl (C=O) groups is 1. The molecule has 0 saturated heterocycles. The first-order valence-electron chi connectivity index (χ1n) is 6.82. The van der Waals surface area contributed by atoms with Gasteiger partial charge in [0.2, 0.25) is 11.1 Å². The van der Waals surface area contributed by atoms with Crippen LogP contribution in [-0.2, 0) is 11.8 Å². The van der Waals surface area contributed by atoms with Crippen molar-refractivity contribution in [3.63, 3.8) is 0 Å². The molecular weight excluding hydrogens is 262 g/mol. The average Bonchev–Trinajstić information content (AvgIpc) is 2.80. The van der Waals surface area contributed by atoms with Gasteiger partial charge in [0.05, 0.1) is 0 Å². The quantitative estimate of drug-likeness (QED) is 0.511. The molecule has 0 bridgehead atoms. The molecule has 0 N–H and O–H groups in total. The van der Waals surface area contributed by atoms with Crippen LogP contribution in [0, 0.1) is 0 Å². The third-order valence-electron chi connectivity index (χ3n) is 2.69. The minimum Gasteiger partial charge on any atom is -0.343 e. The maximum atomic E-state index is 12.0. The van der Waals surface area contributed by atoms with Crippen LogP contribution in [0.1, 0.15) is 39.5 Å². The van der Waals surface area contributed by atoms with E-state index in [-0.39, 0.29) is 5.91 Å². The van der Waals surface area contributed by atoms with E-state index in [4.69, 9.17) is 0 Å². The van der Waals surface area contributed by atoms with Crippen molar-refractivity contribution in [3.05, 3.63) is 0 Å². The summed E-state index contributed by atoms with van der Waals surface area (Å²) in [5.41, 5.74) is 0. The van der Waals surface area contributed by atoms with E-state index in [9.17, 15) is 4.79 Å². The second-order valence-corrected chi connectivity index (χ2v) is 5.48. The van der Waals surface area contributed by atoms with Gasteiger partial charge in [0.25, 0.3) is 0 Å². The maximum Gasteiger partial charge on any atom is 0.222 e. The monoisotopic (exact) mass is 285 g/mol. The van der Waals surface area contributed by atoms with E-state index in [1.54, 1.807) is 16.4 Å². The van der Waals surface area contributed by atoms with E-state index < -0.39 is 0 Å². The molecule has 0 fully saturated rings. The highest BCUT2D eigenvalue weighted by Gasteiger charge is 2.11. The lowest BCUT2D eigenvalue weighted by atomic mass is 10.2. The van der Waals surface area contributed by atoms with Crippen LogP contribution in [0.3, 0.4) is 0 Å². The van der Waals surface area contributed by atoms with Gasteiger partial charge >= 0.3 is 0 Å². The van der Waals surface area contributed by atoms with Gasteiger partial charge in [0.15, 0.2) is 0 Å². The molecule has 1 heterocycles. The van der Waals surface area contributed by atoms with Gasteiger partial charge in [-0.15, -0.1) is 5.10 Å². The van der Waals surface area contributed by atoms with Gasteiger partial charge < -0.3 is 4.90 Å². The molecule has 108 valence electrons. The molecule has 1 aromatic heterocycles. The summed E-state index contributed by atoms with van der Waals surface area (Å²) < 4.78 is 1.65. The summed E-state index contributed by atoms with van der Waals surface area (Å²) in [5, 5.41) is 12.0. The lowest BCUT2D eigenvalue weighted by Crippen LogP contribution is -2.32. The maximum absolute atomic E-state index is 12.0. The van der Waals surface area contributed by atoms with Gasteiger partial charge in [-0.3, -0.25) is 4.79 Å². The van der Waals surface area contributed by atoms with Crippen molar-refractivity contribution in [1.82, 2.24) is 25.1 Å². The Kier molecular flexibility index (Phi) is 7.47. The average molecular weight is 285 g/mol. The van der Waals surface area contributed by atoms with Crippen LogP contribution in [0.4, 0.5) is 0 Å². The molecule has 0 saturated carbocycles. The number of tetrazole rings is 1. The molecule has 19 heavy (non-hydrogen) atoms. The molecule has 1 rings (SSSR count). The Morgan fingerprint density at radius 3 is 2.53 bits per heavy atom. The van der Waals surface area contributed by atoms with Crippen LogP contribution < -0.4 is 0 Å². The highest BCUT2D eigenvalue weighted by Crippen LogP contribution is 2.14. The number of carbonyl (C=O) groups excluding carboxylic acids is 1. The normalized spacial score (nSPS) is 10.7. The molecule has 7 heteroatoms. The second kappa shape index (κ2) is 8.90. The molecule has 0 radical (unpaired) electrons. The molecule has 1 aromatic rings. The van der Waals surface area contributed by atoms with Crippen molar-refractivity contribution < 1.29 is 4.79 Å². The number of aryl methyl sites for hydroxylation is 1. The third kappa shape index (κ3) is 5.59.